The van der Waals surface area contributed by atoms with Gasteiger partial charge in [0.25, 0.3) is 0 Å². The normalized spacial score (nSPS) is 15.0. The Kier molecular flexibility index (Phi) is 11.5. The summed E-state index contributed by atoms with van der Waals surface area (Å²) >= 11 is 0. The lowest BCUT2D eigenvalue weighted by Gasteiger charge is -2.22. The van der Waals surface area contributed by atoms with E-state index < -0.39 is 0 Å². The molecular weight excluding hydrogens is 192 g/mol. The van der Waals surface area contributed by atoms with Crippen LogP contribution in [0.25, 0.3) is 0 Å². The Morgan fingerprint density at radius 1 is 0.812 bits per heavy atom. The van der Waals surface area contributed by atoms with Crippen molar-refractivity contribution < 1.29 is 0 Å². The van der Waals surface area contributed by atoms with Crippen LogP contribution in [0.2, 0.25) is 0 Å². The highest BCUT2D eigenvalue weighted by molar-refractivity contribution is 4.68. The predicted octanol–water partition coefficient (Wildman–Crippen LogP) is 6.01. The minimum Gasteiger partial charge on any atom is -0.0654 e. The van der Waals surface area contributed by atoms with Crippen LogP contribution in [0, 0.1) is 18.8 Å². The van der Waals surface area contributed by atoms with Gasteiger partial charge in [-0.1, -0.05) is 91.9 Å². The molecule has 0 aromatic carbocycles. The van der Waals surface area contributed by atoms with Crippen molar-refractivity contribution in [3.63, 3.8) is 0 Å². The molecule has 0 N–H and O–H groups in total. The van der Waals surface area contributed by atoms with Crippen molar-refractivity contribution in [3.05, 3.63) is 6.92 Å². The molecule has 0 nitrogen and oxygen atoms in total. The molecule has 0 saturated carbocycles. The molecular formula is C16H33. The molecule has 97 valence electrons. The summed E-state index contributed by atoms with van der Waals surface area (Å²) < 4.78 is 0. The molecule has 0 aromatic rings. The molecule has 0 saturated heterocycles. The Balaban J connectivity index is 3.56. The number of hydrogen-bond donors (Lipinski definition) is 0. The van der Waals surface area contributed by atoms with Crippen molar-refractivity contribution in [2.24, 2.45) is 11.8 Å². The van der Waals surface area contributed by atoms with Gasteiger partial charge in [0.15, 0.2) is 0 Å². The van der Waals surface area contributed by atoms with Gasteiger partial charge >= 0.3 is 0 Å². The molecule has 0 amide bonds. The van der Waals surface area contributed by atoms with E-state index in [0.717, 1.165) is 18.3 Å². The highest BCUT2D eigenvalue weighted by Crippen LogP contribution is 2.26. The van der Waals surface area contributed by atoms with Gasteiger partial charge in [-0.15, -0.1) is 0 Å². The summed E-state index contributed by atoms with van der Waals surface area (Å²) in [7, 11) is 0. The molecule has 0 aliphatic carbocycles. The highest BCUT2D eigenvalue weighted by Gasteiger charge is 2.14. The molecule has 0 heterocycles. The van der Waals surface area contributed by atoms with Gasteiger partial charge in [0.1, 0.15) is 0 Å². The standard InChI is InChI=1S/C16H33/c1-5-8-10-11-12-14-16(7-3)15(4)13-9-6-2/h15-16H,3,5-14H2,1-2,4H3. The largest absolute Gasteiger partial charge is 0.0654 e. The van der Waals surface area contributed by atoms with Crippen molar-refractivity contribution >= 4 is 0 Å². The maximum absolute atomic E-state index is 4.13. The second-order valence-corrected chi connectivity index (χ2v) is 5.37. The lowest BCUT2D eigenvalue weighted by Crippen LogP contribution is -2.11. The first kappa shape index (κ1) is 16.0. The molecule has 0 bridgehead atoms. The van der Waals surface area contributed by atoms with Crippen molar-refractivity contribution in [1.29, 1.82) is 0 Å². The number of rotatable bonds is 11. The Labute approximate surface area is 104 Å². The molecule has 0 fully saturated rings. The maximum atomic E-state index is 4.13. The third kappa shape index (κ3) is 8.19. The van der Waals surface area contributed by atoms with Crippen LogP contribution in [-0.4, -0.2) is 0 Å². The summed E-state index contributed by atoms with van der Waals surface area (Å²) in [5.41, 5.74) is 0. The summed E-state index contributed by atoms with van der Waals surface area (Å²) in [5.74, 6) is 1.77. The smallest absolute Gasteiger partial charge is 0.0388 e. The van der Waals surface area contributed by atoms with E-state index in [0.29, 0.717) is 0 Å². The van der Waals surface area contributed by atoms with Gasteiger partial charge in [0.2, 0.25) is 0 Å². The Hall–Kier alpha value is 0. The van der Waals surface area contributed by atoms with Gasteiger partial charge < -0.3 is 0 Å². The van der Waals surface area contributed by atoms with Gasteiger partial charge in [-0.2, -0.15) is 0 Å². The molecule has 1 radical (unpaired) electrons. The van der Waals surface area contributed by atoms with Gasteiger partial charge in [-0.05, 0) is 11.8 Å². The van der Waals surface area contributed by atoms with Gasteiger partial charge in [0, 0.05) is 0 Å². The minimum atomic E-state index is 0.883. The monoisotopic (exact) mass is 225 g/mol. The Morgan fingerprint density at radius 2 is 1.44 bits per heavy atom. The molecule has 2 unspecified atom stereocenters. The van der Waals surface area contributed by atoms with E-state index >= 15 is 0 Å². The molecule has 0 spiro atoms. The highest BCUT2D eigenvalue weighted by atomic mass is 14.2. The molecule has 0 aromatic heterocycles. The van der Waals surface area contributed by atoms with Crippen molar-refractivity contribution in [1.82, 2.24) is 0 Å². The zero-order valence-corrected chi connectivity index (χ0v) is 11.9. The molecule has 2 atom stereocenters. The van der Waals surface area contributed by atoms with E-state index in [9.17, 15) is 0 Å². The van der Waals surface area contributed by atoms with Gasteiger partial charge in [-0.25, -0.2) is 0 Å². The first-order chi connectivity index (χ1) is 7.76. The maximum Gasteiger partial charge on any atom is -0.0388 e. The van der Waals surface area contributed by atoms with Crippen LogP contribution in [-0.2, 0) is 0 Å². The van der Waals surface area contributed by atoms with Crippen LogP contribution in [0.4, 0.5) is 0 Å². The van der Waals surface area contributed by atoms with Crippen molar-refractivity contribution in [2.75, 3.05) is 0 Å². The summed E-state index contributed by atoms with van der Waals surface area (Å²) in [6, 6.07) is 0. The average molecular weight is 225 g/mol. The fraction of sp³-hybridized carbons (Fsp3) is 0.938. The van der Waals surface area contributed by atoms with Crippen molar-refractivity contribution in [3.8, 4) is 0 Å². The van der Waals surface area contributed by atoms with E-state index in [1.54, 1.807) is 0 Å². The lowest BCUT2D eigenvalue weighted by atomic mass is 9.84. The van der Waals surface area contributed by atoms with E-state index in [4.69, 9.17) is 0 Å². The molecule has 16 heavy (non-hydrogen) atoms. The summed E-state index contributed by atoms with van der Waals surface area (Å²) in [6.45, 7) is 11.1. The lowest BCUT2D eigenvalue weighted by molar-refractivity contribution is 0.303. The van der Waals surface area contributed by atoms with E-state index in [1.165, 1.54) is 57.8 Å². The molecule has 0 aliphatic heterocycles. The molecule has 0 rings (SSSR count). The van der Waals surface area contributed by atoms with Crippen LogP contribution in [0.3, 0.4) is 0 Å². The fourth-order valence-corrected chi connectivity index (χ4v) is 2.49. The second kappa shape index (κ2) is 11.5. The summed E-state index contributed by atoms with van der Waals surface area (Å²) in [4.78, 5) is 0. The van der Waals surface area contributed by atoms with E-state index in [1.807, 2.05) is 0 Å². The predicted molar refractivity (Wildman–Crippen MR) is 75.5 cm³/mol. The second-order valence-electron chi connectivity index (χ2n) is 5.37. The van der Waals surface area contributed by atoms with Crippen LogP contribution < -0.4 is 0 Å². The van der Waals surface area contributed by atoms with Gasteiger partial charge in [0.05, 0.1) is 0 Å². The molecule has 0 aliphatic rings. The number of unbranched alkanes of at least 4 members (excludes halogenated alkanes) is 5. The van der Waals surface area contributed by atoms with E-state index in [2.05, 4.69) is 27.7 Å². The zero-order chi connectivity index (χ0) is 12.2. The van der Waals surface area contributed by atoms with Crippen molar-refractivity contribution in [2.45, 2.75) is 85.0 Å². The molecule has 0 heteroatoms. The Morgan fingerprint density at radius 3 is 2.00 bits per heavy atom. The number of hydrogen-bond acceptors (Lipinski definition) is 0. The van der Waals surface area contributed by atoms with Crippen LogP contribution in [0.5, 0.6) is 0 Å². The average Bonchev–Trinajstić information content (AvgIpc) is 2.31. The van der Waals surface area contributed by atoms with Crippen LogP contribution in [0.1, 0.15) is 85.0 Å². The van der Waals surface area contributed by atoms with E-state index in [-0.39, 0.29) is 0 Å². The Bertz CT molecular complexity index is 128. The summed E-state index contributed by atoms with van der Waals surface area (Å²) in [6.07, 6.45) is 13.8. The first-order valence-corrected chi connectivity index (χ1v) is 7.55. The first-order valence-electron chi connectivity index (χ1n) is 7.55. The third-order valence-corrected chi connectivity index (χ3v) is 3.87. The summed E-state index contributed by atoms with van der Waals surface area (Å²) in [5, 5.41) is 0. The minimum absolute atomic E-state index is 0.883. The third-order valence-electron chi connectivity index (χ3n) is 3.87. The SMILES string of the molecule is [CH2]CC(CCCCCCC)C(C)CCCC. The topological polar surface area (TPSA) is 0 Å². The quantitative estimate of drug-likeness (QED) is 0.377. The van der Waals surface area contributed by atoms with Crippen LogP contribution in [0.15, 0.2) is 0 Å². The van der Waals surface area contributed by atoms with Gasteiger partial charge in [-0.3, -0.25) is 0 Å². The zero-order valence-electron chi connectivity index (χ0n) is 11.9. The van der Waals surface area contributed by atoms with Crippen LogP contribution >= 0.6 is 0 Å². The fourth-order valence-electron chi connectivity index (χ4n) is 2.49.